The smallest absolute Gasteiger partial charge is 0.268 e. The molecule has 1 amide bonds. The summed E-state index contributed by atoms with van der Waals surface area (Å²) in [4.78, 5) is 19.2. The summed E-state index contributed by atoms with van der Waals surface area (Å²) >= 11 is 0. The van der Waals surface area contributed by atoms with Gasteiger partial charge in [-0.3, -0.25) is 9.78 Å². The van der Waals surface area contributed by atoms with Crippen LogP contribution in [-0.2, 0) is 7.05 Å². The van der Waals surface area contributed by atoms with Crippen molar-refractivity contribution in [2.24, 2.45) is 13.0 Å². The summed E-state index contributed by atoms with van der Waals surface area (Å²) in [5.74, 6) is 0.0915. The molecule has 0 aromatic carbocycles. The maximum atomic E-state index is 14.0. The van der Waals surface area contributed by atoms with Crippen molar-refractivity contribution in [3.05, 3.63) is 42.0 Å². The predicted octanol–water partition coefficient (Wildman–Crippen LogP) is 2.05. The number of hydrogen-bond donors (Lipinski definition) is 1. The zero-order chi connectivity index (χ0) is 16.7. The van der Waals surface area contributed by atoms with Gasteiger partial charge in [-0.2, -0.15) is 0 Å². The molecule has 3 aliphatic heterocycles. The second-order valence-corrected chi connectivity index (χ2v) is 6.71. The summed E-state index contributed by atoms with van der Waals surface area (Å²) in [6, 6.07) is 6.63. The van der Waals surface area contributed by atoms with E-state index in [0.717, 1.165) is 32.5 Å². The topological polar surface area (TPSA) is 50.2 Å². The number of carbonyl (C=O) groups excluding carboxylic acids is 1. The Balaban J connectivity index is 1.55. The lowest BCUT2D eigenvalue weighted by Gasteiger charge is -2.44. The van der Waals surface area contributed by atoms with Crippen LogP contribution in [0.4, 0.5) is 4.39 Å². The lowest BCUT2D eigenvalue weighted by molar-refractivity contribution is 0.0616. The largest absolute Gasteiger partial charge is 0.346 e. The second-order valence-electron chi connectivity index (χ2n) is 6.71. The molecule has 2 aromatic heterocycles. The summed E-state index contributed by atoms with van der Waals surface area (Å²) < 4.78 is 15.7. The molecule has 3 saturated heterocycles. The molecule has 5 nitrogen and oxygen atoms in total. The van der Waals surface area contributed by atoms with Crippen molar-refractivity contribution in [2.45, 2.75) is 18.9 Å². The third kappa shape index (κ3) is 2.60. The Bertz CT molecular complexity index is 764. The van der Waals surface area contributed by atoms with Crippen LogP contribution in [0.15, 0.2) is 30.5 Å². The van der Waals surface area contributed by atoms with Crippen LogP contribution < -0.4 is 5.32 Å². The molecule has 0 spiro atoms. The minimum Gasteiger partial charge on any atom is -0.346 e. The summed E-state index contributed by atoms with van der Waals surface area (Å²) in [7, 11) is 1.77. The summed E-state index contributed by atoms with van der Waals surface area (Å²) in [6.45, 7) is 3.22. The number of nitrogens with one attached hydrogen (secondary N) is 1. The van der Waals surface area contributed by atoms with Crippen LogP contribution in [0.1, 0.15) is 23.3 Å². The van der Waals surface area contributed by atoms with Crippen molar-refractivity contribution in [3.8, 4) is 11.4 Å². The van der Waals surface area contributed by atoms with Crippen molar-refractivity contribution in [2.75, 3.05) is 19.6 Å². The quantitative estimate of drug-likeness (QED) is 0.938. The van der Waals surface area contributed by atoms with E-state index in [4.69, 9.17) is 0 Å². The number of pyridine rings is 1. The molecule has 0 aliphatic carbocycles. The molecule has 0 saturated carbocycles. The van der Waals surface area contributed by atoms with Crippen LogP contribution in [0.5, 0.6) is 0 Å². The molecule has 2 bridgehead atoms. The zero-order valence-corrected chi connectivity index (χ0v) is 13.7. The van der Waals surface area contributed by atoms with Crippen molar-refractivity contribution in [3.63, 3.8) is 0 Å². The molecule has 1 atom stereocenters. The van der Waals surface area contributed by atoms with E-state index in [2.05, 4.69) is 15.2 Å². The van der Waals surface area contributed by atoms with Crippen molar-refractivity contribution in [1.82, 2.24) is 19.8 Å². The van der Waals surface area contributed by atoms with E-state index in [1.54, 1.807) is 36.0 Å². The highest BCUT2D eigenvalue weighted by Gasteiger charge is 2.35. The van der Waals surface area contributed by atoms with E-state index in [9.17, 15) is 9.18 Å². The van der Waals surface area contributed by atoms with Crippen LogP contribution in [0.2, 0.25) is 0 Å². The van der Waals surface area contributed by atoms with Gasteiger partial charge in [0.05, 0.1) is 5.69 Å². The lowest BCUT2D eigenvalue weighted by atomic mass is 9.84. The van der Waals surface area contributed by atoms with E-state index >= 15 is 0 Å². The molecule has 24 heavy (non-hydrogen) atoms. The van der Waals surface area contributed by atoms with E-state index in [0.29, 0.717) is 17.3 Å². The number of rotatable bonds is 3. The average molecular weight is 328 g/mol. The number of amides is 1. The molecule has 5 heterocycles. The van der Waals surface area contributed by atoms with Crippen LogP contribution >= 0.6 is 0 Å². The summed E-state index contributed by atoms with van der Waals surface area (Å²) in [5.41, 5.74) is 1.40. The Morgan fingerprint density at radius 3 is 2.75 bits per heavy atom. The molecule has 2 aromatic rings. The van der Waals surface area contributed by atoms with Crippen LogP contribution in [-0.4, -0.2) is 46.0 Å². The third-order valence-electron chi connectivity index (χ3n) is 5.33. The van der Waals surface area contributed by atoms with Crippen molar-refractivity contribution in [1.29, 1.82) is 0 Å². The highest BCUT2D eigenvalue weighted by molar-refractivity contribution is 5.94. The minimum absolute atomic E-state index is 0.0983. The molecule has 1 N–H and O–H groups in total. The first-order chi connectivity index (χ1) is 11.6. The van der Waals surface area contributed by atoms with Gasteiger partial charge in [0.2, 0.25) is 0 Å². The van der Waals surface area contributed by atoms with E-state index in [1.165, 1.54) is 6.07 Å². The van der Waals surface area contributed by atoms with Crippen molar-refractivity contribution >= 4 is 5.91 Å². The normalized spacial score (nSPS) is 25.7. The highest BCUT2D eigenvalue weighted by atomic mass is 19.1. The molecular formula is C18H21FN4O. The Morgan fingerprint density at radius 2 is 2.08 bits per heavy atom. The SMILES string of the molecule is Cn1c(C(=O)N[C@H]2CN3CCC2CC3)ccc1-c1ncccc1F. The van der Waals surface area contributed by atoms with Crippen LogP contribution in [0.25, 0.3) is 11.4 Å². The number of aromatic nitrogens is 2. The van der Waals surface area contributed by atoms with E-state index in [1.807, 2.05) is 0 Å². The van der Waals surface area contributed by atoms with Gasteiger partial charge in [0.1, 0.15) is 11.4 Å². The van der Waals surface area contributed by atoms with Gasteiger partial charge in [-0.15, -0.1) is 0 Å². The van der Waals surface area contributed by atoms with E-state index < -0.39 is 0 Å². The molecule has 126 valence electrons. The van der Waals surface area contributed by atoms with Gasteiger partial charge in [-0.25, -0.2) is 4.39 Å². The van der Waals surface area contributed by atoms with Gasteiger partial charge in [-0.05, 0) is 56.1 Å². The summed E-state index contributed by atoms with van der Waals surface area (Å²) in [5, 5.41) is 3.17. The van der Waals surface area contributed by atoms with Crippen molar-refractivity contribution < 1.29 is 9.18 Å². The van der Waals surface area contributed by atoms with Gasteiger partial charge in [-0.1, -0.05) is 0 Å². The molecular weight excluding hydrogens is 307 g/mol. The molecule has 3 aliphatic rings. The molecule has 6 heteroatoms. The molecule has 5 rings (SSSR count). The fourth-order valence-corrected chi connectivity index (χ4v) is 3.92. The first kappa shape index (κ1) is 15.3. The monoisotopic (exact) mass is 328 g/mol. The van der Waals surface area contributed by atoms with Crippen LogP contribution in [0, 0.1) is 11.7 Å². The maximum Gasteiger partial charge on any atom is 0.268 e. The lowest BCUT2D eigenvalue weighted by Crippen LogP contribution is -2.57. The number of fused-ring (bicyclic) bond motifs is 3. The fourth-order valence-electron chi connectivity index (χ4n) is 3.92. The Kier molecular flexibility index (Phi) is 3.84. The van der Waals surface area contributed by atoms with Gasteiger partial charge < -0.3 is 14.8 Å². The number of hydrogen-bond acceptors (Lipinski definition) is 3. The first-order valence-corrected chi connectivity index (χ1v) is 8.43. The van der Waals surface area contributed by atoms with Crippen LogP contribution in [0.3, 0.4) is 0 Å². The molecule has 3 fully saturated rings. The average Bonchev–Trinajstić information content (AvgIpc) is 2.98. The van der Waals surface area contributed by atoms with Gasteiger partial charge >= 0.3 is 0 Å². The Labute approximate surface area is 140 Å². The van der Waals surface area contributed by atoms with Gasteiger partial charge in [0.25, 0.3) is 5.91 Å². The van der Waals surface area contributed by atoms with E-state index in [-0.39, 0.29) is 23.5 Å². The van der Waals surface area contributed by atoms with Gasteiger partial charge in [0.15, 0.2) is 5.82 Å². The predicted molar refractivity (Wildman–Crippen MR) is 89.0 cm³/mol. The van der Waals surface area contributed by atoms with Gasteiger partial charge in [0, 0.05) is 25.8 Å². The number of nitrogens with zero attached hydrogens (tertiary/aromatic N) is 3. The molecule has 0 radical (unpaired) electrons. The number of carbonyl (C=O) groups is 1. The number of halogens is 1. The minimum atomic E-state index is -0.386. The number of piperidine rings is 3. The Hall–Kier alpha value is -2.21. The third-order valence-corrected chi connectivity index (χ3v) is 5.33. The maximum absolute atomic E-state index is 14.0. The standard InChI is InChI=1S/C18H21FN4O/c1-22-15(17-13(19)3-2-8-20-17)4-5-16(22)18(24)21-14-11-23-9-6-12(14)7-10-23/h2-5,8,12,14H,6-7,9-11H2,1H3,(H,21,24)/t14-/m0/s1. The highest BCUT2D eigenvalue weighted by Crippen LogP contribution is 2.28. The first-order valence-electron chi connectivity index (χ1n) is 8.43. The zero-order valence-electron chi connectivity index (χ0n) is 13.7. The fraction of sp³-hybridized carbons (Fsp3) is 0.444. The Morgan fingerprint density at radius 1 is 1.29 bits per heavy atom. The summed E-state index contributed by atoms with van der Waals surface area (Å²) in [6.07, 6.45) is 3.86. The molecule has 0 unspecified atom stereocenters. The second kappa shape index (κ2) is 6.02.